The van der Waals surface area contributed by atoms with Crippen molar-refractivity contribution in [1.29, 1.82) is 0 Å². The molecule has 0 aromatic heterocycles. The van der Waals surface area contributed by atoms with Gasteiger partial charge in [-0.15, -0.1) is 0 Å². The molecule has 0 N–H and O–H groups in total. The van der Waals surface area contributed by atoms with E-state index in [1.807, 2.05) is 0 Å². The fourth-order valence-electron chi connectivity index (χ4n) is 1.15. The fraction of sp³-hybridized carbons (Fsp3) is 0.364. The largest absolute Gasteiger partial charge is 0.486 e. The van der Waals surface area contributed by atoms with E-state index in [9.17, 15) is 13.2 Å². The number of ether oxygens (including phenoxy) is 2. The summed E-state index contributed by atoms with van der Waals surface area (Å²) in [4.78, 5) is 11.3. The number of rotatable bonds is 6. The van der Waals surface area contributed by atoms with Gasteiger partial charge < -0.3 is 9.47 Å². The zero-order valence-corrected chi connectivity index (χ0v) is 10.5. The molecule has 0 fully saturated rings. The molecule has 17 heavy (non-hydrogen) atoms. The SMILES string of the molecule is COCC(=O)COc1ccc(S(C)(=O)=O)cc1. The maximum atomic E-state index is 11.2. The molecule has 0 aliphatic carbocycles. The van der Waals surface area contributed by atoms with Gasteiger partial charge in [-0.2, -0.15) is 0 Å². The summed E-state index contributed by atoms with van der Waals surface area (Å²) in [6.45, 7) is -0.0898. The predicted molar refractivity (Wildman–Crippen MR) is 61.9 cm³/mol. The minimum Gasteiger partial charge on any atom is -0.486 e. The standard InChI is InChI=1S/C11H14O5S/c1-15-7-9(12)8-16-10-3-5-11(6-4-10)17(2,13)14/h3-6H,7-8H2,1-2H3. The van der Waals surface area contributed by atoms with Gasteiger partial charge in [0.15, 0.2) is 15.6 Å². The lowest BCUT2D eigenvalue weighted by Gasteiger charge is -2.05. The van der Waals surface area contributed by atoms with E-state index in [4.69, 9.17) is 4.74 Å². The summed E-state index contributed by atoms with van der Waals surface area (Å²) in [5, 5.41) is 0. The topological polar surface area (TPSA) is 69.7 Å². The molecular formula is C11H14O5S. The van der Waals surface area contributed by atoms with Crippen LogP contribution >= 0.6 is 0 Å². The predicted octanol–water partition coefficient (Wildman–Crippen LogP) is 0.684. The second kappa shape index (κ2) is 5.79. The zero-order chi connectivity index (χ0) is 12.9. The Kier molecular flexibility index (Phi) is 4.65. The van der Waals surface area contributed by atoms with Crippen molar-refractivity contribution in [3.05, 3.63) is 24.3 Å². The van der Waals surface area contributed by atoms with Crippen LogP contribution in [0.3, 0.4) is 0 Å². The number of carbonyl (C=O) groups is 1. The molecule has 0 radical (unpaired) electrons. The van der Waals surface area contributed by atoms with Crippen molar-refractivity contribution in [1.82, 2.24) is 0 Å². The van der Waals surface area contributed by atoms with Crippen LogP contribution in [0.4, 0.5) is 0 Å². The van der Waals surface area contributed by atoms with Gasteiger partial charge in [-0.1, -0.05) is 0 Å². The van der Waals surface area contributed by atoms with Gasteiger partial charge in [0, 0.05) is 13.4 Å². The van der Waals surface area contributed by atoms with E-state index in [1.54, 1.807) is 0 Å². The zero-order valence-electron chi connectivity index (χ0n) is 9.67. The molecule has 5 nitrogen and oxygen atoms in total. The number of benzene rings is 1. The van der Waals surface area contributed by atoms with Crippen molar-refractivity contribution >= 4 is 15.6 Å². The lowest BCUT2D eigenvalue weighted by atomic mass is 10.3. The van der Waals surface area contributed by atoms with E-state index in [2.05, 4.69) is 4.74 Å². The van der Waals surface area contributed by atoms with Crippen molar-refractivity contribution in [2.45, 2.75) is 4.90 Å². The summed E-state index contributed by atoms with van der Waals surface area (Å²) in [5.41, 5.74) is 0. The summed E-state index contributed by atoms with van der Waals surface area (Å²) < 4.78 is 32.2. The van der Waals surface area contributed by atoms with Gasteiger partial charge in [-0.3, -0.25) is 4.79 Å². The molecule has 0 amide bonds. The van der Waals surface area contributed by atoms with Crippen LogP contribution in [0.1, 0.15) is 0 Å². The van der Waals surface area contributed by atoms with Crippen molar-refractivity contribution < 1.29 is 22.7 Å². The Balaban J connectivity index is 2.60. The third-order valence-corrected chi connectivity index (χ3v) is 3.09. The number of ketones is 1. The smallest absolute Gasteiger partial charge is 0.195 e. The second-order valence-electron chi connectivity index (χ2n) is 3.50. The Morgan fingerprint density at radius 3 is 2.24 bits per heavy atom. The summed E-state index contributed by atoms with van der Waals surface area (Å²) in [7, 11) is -1.77. The van der Waals surface area contributed by atoms with Crippen LogP contribution in [0.5, 0.6) is 5.75 Å². The second-order valence-corrected chi connectivity index (χ2v) is 5.52. The molecule has 0 saturated heterocycles. The maximum absolute atomic E-state index is 11.2. The van der Waals surface area contributed by atoms with Crippen LogP contribution in [0.25, 0.3) is 0 Å². The van der Waals surface area contributed by atoms with Crippen molar-refractivity contribution in [3.8, 4) is 5.75 Å². The van der Waals surface area contributed by atoms with Gasteiger partial charge in [0.2, 0.25) is 0 Å². The van der Waals surface area contributed by atoms with Crippen LogP contribution in [0.2, 0.25) is 0 Å². The van der Waals surface area contributed by atoms with Gasteiger partial charge >= 0.3 is 0 Å². The minimum atomic E-state index is -3.20. The molecule has 0 heterocycles. The van der Waals surface area contributed by atoms with Gasteiger partial charge in [0.05, 0.1) is 4.90 Å². The Morgan fingerprint density at radius 1 is 1.18 bits per heavy atom. The van der Waals surface area contributed by atoms with Crippen molar-refractivity contribution in [2.24, 2.45) is 0 Å². The van der Waals surface area contributed by atoms with Crippen molar-refractivity contribution in [2.75, 3.05) is 26.6 Å². The van der Waals surface area contributed by atoms with Crippen LogP contribution in [0.15, 0.2) is 29.2 Å². The van der Waals surface area contributed by atoms with Gasteiger partial charge in [-0.05, 0) is 24.3 Å². The first-order valence-corrected chi connectivity index (χ1v) is 6.76. The number of methoxy groups -OCH3 is 1. The van der Waals surface area contributed by atoms with E-state index in [0.717, 1.165) is 6.26 Å². The fourth-order valence-corrected chi connectivity index (χ4v) is 1.78. The molecule has 0 saturated carbocycles. The maximum Gasteiger partial charge on any atom is 0.195 e. The van der Waals surface area contributed by atoms with E-state index in [0.29, 0.717) is 5.75 Å². The Bertz CT molecular complexity index is 475. The minimum absolute atomic E-state index is 0.00141. The molecular weight excluding hydrogens is 244 g/mol. The number of Topliss-reactive ketones (excluding diaryl/α,β-unsaturated/α-hetero) is 1. The highest BCUT2D eigenvalue weighted by atomic mass is 32.2. The Hall–Kier alpha value is -1.40. The lowest BCUT2D eigenvalue weighted by Crippen LogP contribution is -2.16. The summed E-state index contributed by atoms with van der Waals surface area (Å²) in [6, 6.07) is 5.89. The molecule has 1 rings (SSSR count). The van der Waals surface area contributed by atoms with Gasteiger partial charge in [-0.25, -0.2) is 8.42 Å². The van der Waals surface area contributed by atoms with Crippen LogP contribution < -0.4 is 4.74 Å². The molecule has 1 aromatic rings. The molecule has 0 bridgehead atoms. The van der Waals surface area contributed by atoms with E-state index in [1.165, 1.54) is 31.4 Å². The first-order valence-electron chi connectivity index (χ1n) is 4.87. The third-order valence-electron chi connectivity index (χ3n) is 1.96. The molecule has 0 unspecified atom stereocenters. The number of hydrogen-bond donors (Lipinski definition) is 0. The van der Waals surface area contributed by atoms with Gasteiger partial charge in [0.1, 0.15) is 19.0 Å². The third kappa shape index (κ3) is 4.54. The molecule has 0 atom stereocenters. The lowest BCUT2D eigenvalue weighted by molar-refractivity contribution is -0.124. The summed E-state index contributed by atoms with van der Waals surface area (Å²) in [6.07, 6.45) is 1.13. The van der Waals surface area contributed by atoms with Crippen LogP contribution in [-0.4, -0.2) is 40.8 Å². The van der Waals surface area contributed by atoms with Crippen LogP contribution in [-0.2, 0) is 19.4 Å². The monoisotopic (exact) mass is 258 g/mol. The van der Waals surface area contributed by atoms with Crippen molar-refractivity contribution in [3.63, 3.8) is 0 Å². The Labute approximate surface area is 100 Å². The van der Waals surface area contributed by atoms with Crippen LogP contribution in [0, 0.1) is 0 Å². The normalized spacial score (nSPS) is 11.2. The molecule has 0 aliphatic rings. The highest BCUT2D eigenvalue weighted by Gasteiger charge is 2.07. The highest BCUT2D eigenvalue weighted by Crippen LogP contribution is 2.15. The molecule has 0 aliphatic heterocycles. The van der Waals surface area contributed by atoms with E-state index >= 15 is 0 Å². The van der Waals surface area contributed by atoms with E-state index in [-0.39, 0.29) is 23.9 Å². The highest BCUT2D eigenvalue weighted by molar-refractivity contribution is 7.90. The van der Waals surface area contributed by atoms with Gasteiger partial charge in [0.25, 0.3) is 0 Å². The summed E-state index contributed by atoms with van der Waals surface area (Å²) in [5.74, 6) is 0.265. The van der Waals surface area contributed by atoms with E-state index < -0.39 is 9.84 Å². The number of hydrogen-bond acceptors (Lipinski definition) is 5. The number of carbonyl (C=O) groups excluding carboxylic acids is 1. The quantitative estimate of drug-likeness (QED) is 0.750. The average molecular weight is 258 g/mol. The molecule has 1 aromatic carbocycles. The average Bonchev–Trinajstić information content (AvgIpc) is 2.26. The molecule has 6 heteroatoms. The molecule has 0 spiro atoms. The molecule has 94 valence electrons. The first kappa shape index (κ1) is 13.7. The number of sulfone groups is 1. The summed E-state index contributed by atoms with van der Waals surface area (Å²) >= 11 is 0. The Morgan fingerprint density at radius 2 is 1.76 bits per heavy atom. The first-order chi connectivity index (χ1) is 7.93.